The largest absolute Gasteiger partial charge is 0.505 e. The van der Waals surface area contributed by atoms with Crippen LogP contribution in [0.4, 0.5) is 0 Å². The van der Waals surface area contributed by atoms with Gasteiger partial charge in [-0.2, -0.15) is 0 Å². The van der Waals surface area contributed by atoms with Gasteiger partial charge in [-0.25, -0.2) is 0 Å². The Labute approximate surface area is 251 Å². The van der Waals surface area contributed by atoms with Gasteiger partial charge in [-0.05, 0) is 53.9 Å². The minimum atomic E-state index is -2.02. The third kappa shape index (κ3) is 4.72. The van der Waals surface area contributed by atoms with Gasteiger partial charge in [0.1, 0.15) is 19.5 Å². The van der Waals surface area contributed by atoms with Gasteiger partial charge < -0.3 is 5.11 Å². The predicted octanol–water partition coefficient (Wildman–Crippen LogP) is 6.69. The molecule has 3 heterocycles. The van der Waals surface area contributed by atoms with Gasteiger partial charge in [0, 0.05) is 43.4 Å². The van der Waals surface area contributed by atoms with E-state index in [1.165, 1.54) is 10.8 Å². The Morgan fingerprint density at radius 3 is 2.40 bits per heavy atom. The molecule has 1 N–H and O–H groups in total. The van der Waals surface area contributed by atoms with Crippen molar-refractivity contribution in [3.05, 3.63) is 108 Å². The van der Waals surface area contributed by atoms with Gasteiger partial charge in [0.05, 0.1) is 11.2 Å². The second-order valence-electron chi connectivity index (χ2n) is 10.6. The molecular formula is C34H32N3OPtSi-. The average molecular weight is 722 g/mol. The zero-order chi connectivity index (χ0) is 27.1. The molecule has 6 heteroatoms. The number of aromatic nitrogens is 3. The minimum absolute atomic E-state index is 0. The molecule has 4 nitrogen and oxygen atoms in total. The van der Waals surface area contributed by atoms with Crippen molar-refractivity contribution in [1.29, 1.82) is 0 Å². The van der Waals surface area contributed by atoms with Crippen molar-refractivity contribution >= 4 is 40.5 Å². The van der Waals surface area contributed by atoms with Crippen LogP contribution in [0, 0.1) is 6.07 Å². The van der Waals surface area contributed by atoms with Crippen molar-refractivity contribution in [2.75, 3.05) is 0 Å². The topological polar surface area (TPSA) is 50.9 Å². The Morgan fingerprint density at radius 1 is 0.850 bits per heavy atom. The second-order valence-corrected chi connectivity index (χ2v) is 14.9. The summed E-state index contributed by atoms with van der Waals surface area (Å²) in [6, 6.07) is 33.0. The number of aromatic hydroxyl groups is 1. The molecule has 6 rings (SSSR count). The standard InChI is InChI=1S/C34H32N3OSi.Pt/c1-5-23-20-24(6-2)33(38)31(21-23)37-30-15-8-7-14-27(30)28-17-18-29(36-34(28)37)25-12-11-13-26(22-25)39(3,4)32-16-9-10-19-35-32;/h7-21,38H,5-6H2,1-4H3;/q-1;. The number of rotatable bonds is 6. The van der Waals surface area contributed by atoms with Crippen molar-refractivity contribution in [2.24, 2.45) is 0 Å². The molecule has 40 heavy (non-hydrogen) atoms. The molecule has 204 valence electrons. The zero-order valence-corrected chi connectivity index (χ0v) is 26.5. The van der Waals surface area contributed by atoms with E-state index in [1.807, 2.05) is 18.3 Å². The summed E-state index contributed by atoms with van der Waals surface area (Å²) in [7, 11) is -2.02. The number of phenolic OH excluding ortho intramolecular Hbond substituents is 1. The van der Waals surface area contributed by atoms with Crippen LogP contribution >= 0.6 is 0 Å². The molecule has 0 saturated heterocycles. The molecule has 6 aromatic rings. The van der Waals surface area contributed by atoms with E-state index in [1.54, 1.807) is 0 Å². The first kappa shape index (κ1) is 28.0. The fraction of sp³-hybridized carbons (Fsp3) is 0.176. The summed E-state index contributed by atoms with van der Waals surface area (Å²) in [6.45, 7) is 8.86. The maximum Gasteiger partial charge on any atom is 0.142 e. The average Bonchev–Trinajstić information content (AvgIpc) is 3.31. The first-order valence-corrected chi connectivity index (χ1v) is 16.6. The minimum Gasteiger partial charge on any atom is -0.505 e. The van der Waals surface area contributed by atoms with Crippen molar-refractivity contribution < 1.29 is 26.2 Å². The van der Waals surface area contributed by atoms with Crippen LogP contribution in [0.2, 0.25) is 13.1 Å². The number of pyridine rings is 2. The van der Waals surface area contributed by atoms with Crippen molar-refractivity contribution in [1.82, 2.24) is 14.5 Å². The van der Waals surface area contributed by atoms with Crippen molar-refractivity contribution in [3.8, 4) is 22.7 Å². The number of hydrogen-bond donors (Lipinski definition) is 1. The fourth-order valence-corrected chi connectivity index (χ4v) is 7.62. The summed E-state index contributed by atoms with van der Waals surface area (Å²) in [4.78, 5) is 9.90. The molecule has 0 aliphatic rings. The summed E-state index contributed by atoms with van der Waals surface area (Å²) < 4.78 is 2.12. The number of benzene rings is 3. The first-order valence-electron chi connectivity index (χ1n) is 13.6. The third-order valence-corrected chi connectivity index (χ3v) is 11.0. The van der Waals surface area contributed by atoms with Crippen LogP contribution in [-0.2, 0) is 33.9 Å². The quantitative estimate of drug-likeness (QED) is 0.154. The number of fused-ring (bicyclic) bond motifs is 3. The van der Waals surface area contributed by atoms with Gasteiger partial charge in [0.15, 0.2) is 0 Å². The number of nitrogens with zero attached hydrogens (tertiary/aromatic N) is 3. The van der Waals surface area contributed by atoms with Crippen LogP contribution < -0.4 is 10.5 Å². The van der Waals surface area contributed by atoms with Gasteiger partial charge in [0.2, 0.25) is 0 Å². The van der Waals surface area contributed by atoms with Gasteiger partial charge in [0.25, 0.3) is 0 Å². The number of hydrogen-bond acceptors (Lipinski definition) is 3. The van der Waals surface area contributed by atoms with E-state index in [9.17, 15) is 5.11 Å². The molecule has 0 fully saturated rings. The van der Waals surface area contributed by atoms with E-state index in [-0.39, 0.29) is 21.1 Å². The van der Waals surface area contributed by atoms with Crippen molar-refractivity contribution in [3.63, 3.8) is 0 Å². The smallest absolute Gasteiger partial charge is 0.142 e. The van der Waals surface area contributed by atoms with Crippen LogP contribution in [-0.4, -0.2) is 27.7 Å². The molecule has 0 atom stereocenters. The first-order chi connectivity index (χ1) is 18.9. The third-order valence-electron chi connectivity index (χ3n) is 7.83. The van der Waals surface area contributed by atoms with Crippen LogP contribution in [0.25, 0.3) is 38.9 Å². The van der Waals surface area contributed by atoms with Gasteiger partial charge in [-0.1, -0.05) is 69.4 Å². The van der Waals surface area contributed by atoms with Crippen LogP contribution in [0.5, 0.6) is 5.75 Å². The molecular weight excluding hydrogens is 690 g/mol. The van der Waals surface area contributed by atoms with Crippen molar-refractivity contribution in [2.45, 2.75) is 39.8 Å². The van der Waals surface area contributed by atoms with E-state index in [0.29, 0.717) is 5.75 Å². The Balaban J connectivity index is 0.00000323. The summed E-state index contributed by atoms with van der Waals surface area (Å²) in [6.07, 6.45) is 3.53. The summed E-state index contributed by atoms with van der Waals surface area (Å²) >= 11 is 0. The number of para-hydroxylation sites is 1. The normalized spacial score (nSPS) is 11.6. The maximum absolute atomic E-state index is 11.4. The zero-order valence-electron chi connectivity index (χ0n) is 23.2. The molecule has 0 aliphatic heterocycles. The molecule has 0 aliphatic carbocycles. The molecule has 0 saturated carbocycles. The molecule has 0 radical (unpaired) electrons. The Kier molecular flexibility index (Phi) is 7.81. The van der Waals surface area contributed by atoms with E-state index < -0.39 is 8.07 Å². The van der Waals surface area contributed by atoms with Gasteiger partial charge >= 0.3 is 0 Å². The molecule has 0 bridgehead atoms. The molecule has 0 unspecified atom stereocenters. The summed E-state index contributed by atoms with van der Waals surface area (Å²) in [5.41, 5.74) is 6.62. The number of phenols is 1. The summed E-state index contributed by atoms with van der Waals surface area (Å²) in [5.74, 6) is 0.321. The second kappa shape index (κ2) is 11.2. The Morgan fingerprint density at radius 2 is 1.65 bits per heavy atom. The van der Waals surface area contributed by atoms with Crippen LogP contribution in [0.1, 0.15) is 25.0 Å². The SMILES string of the molecule is CCc1cc(CC)c(O)c(-n2c3ccccc3c3ccc(-c4[c-]c([Si](C)(C)c5ccccn5)ccc4)nc32)c1.[Pt]. The van der Waals surface area contributed by atoms with E-state index in [4.69, 9.17) is 4.98 Å². The number of aryl methyl sites for hydroxylation is 2. The van der Waals surface area contributed by atoms with Crippen LogP contribution in [0.15, 0.2) is 91.1 Å². The molecule has 3 aromatic heterocycles. The molecule has 0 amide bonds. The van der Waals surface area contributed by atoms with E-state index in [2.05, 4.69) is 115 Å². The fourth-order valence-electron chi connectivity index (χ4n) is 5.47. The monoisotopic (exact) mass is 721 g/mol. The molecule has 3 aromatic carbocycles. The Bertz CT molecular complexity index is 1830. The predicted molar refractivity (Wildman–Crippen MR) is 164 cm³/mol. The van der Waals surface area contributed by atoms with Gasteiger partial charge in [-0.15, -0.1) is 35.0 Å². The maximum atomic E-state index is 11.4. The molecule has 0 spiro atoms. The summed E-state index contributed by atoms with van der Waals surface area (Å²) in [5, 5.41) is 15.9. The van der Waals surface area contributed by atoms with E-state index in [0.717, 1.165) is 62.6 Å². The van der Waals surface area contributed by atoms with E-state index >= 15 is 0 Å². The van der Waals surface area contributed by atoms with Gasteiger partial charge in [-0.3, -0.25) is 14.5 Å². The Hall–Kier alpha value is -3.53. The van der Waals surface area contributed by atoms with Crippen LogP contribution in [0.3, 0.4) is 0 Å².